The van der Waals surface area contributed by atoms with Crippen LogP contribution in [0.3, 0.4) is 0 Å². The van der Waals surface area contributed by atoms with E-state index in [1.165, 1.54) is 12.1 Å². The highest BCUT2D eigenvalue weighted by Crippen LogP contribution is 2.47. The number of aromatic nitrogens is 3. The van der Waals surface area contributed by atoms with Crippen molar-refractivity contribution < 1.29 is 18.3 Å². The van der Waals surface area contributed by atoms with Gasteiger partial charge in [-0.2, -0.15) is 0 Å². The molecule has 0 unspecified atom stereocenters. The van der Waals surface area contributed by atoms with Crippen LogP contribution in [0.15, 0.2) is 41.4 Å². The van der Waals surface area contributed by atoms with Crippen molar-refractivity contribution in [1.29, 1.82) is 0 Å². The lowest BCUT2D eigenvalue weighted by Crippen LogP contribution is -2.32. The topological polar surface area (TPSA) is 113 Å². The number of carboxylic acids is 1. The molecule has 3 aromatic rings. The number of aliphatic carboxylic acids is 1. The summed E-state index contributed by atoms with van der Waals surface area (Å²) >= 11 is 0. The van der Waals surface area contributed by atoms with Gasteiger partial charge in [0.05, 0.1) is 10.6 Å². The summed E-state index contributed by atoms with van der Waals surface area (Å²) in [5, 5.41) is 10.0. The number of nitrogens with one attached hydrogen (secondary N) is 1. The first-order valence-electron chi connectivity index (χ1n) is 8.99. The first-order chi connectivity index (χ1) is 13.0. The SMILES string of the molecule is CC(C)(C)c1ccnc(-c2cc3cc(S(=O)(=O)C4(C(=O)O)CC4)ccc3[nH]2)n1. The fraction of sp³-hybridized carbons (Fsp3) is 0.350. The zero-order valence-electron chi connectivity index (χ0n) is 15.9. The van der Waals surface area contributed by atoms with E-state index in [1.807, 2.05) is 6.07 Å². The second-order valence-electron chi connectivity index (χ2n) is 8.25. The molecule has 0 radical (unpaired) electrons. The molecule has 2 aromatic heterocycles. The summed E-state index contributed by atoms with van der Waals surface area (Å²) < 4.78 is 24.0. The average molecular weight is 399 g/mol. The van der Waals surface area contributed by atoms with Crippen molar-refractivity contribution in [2.24, 2.45) is 0 Å². The number of hydrogen-bond acceptors (Lipinski definition) is 5. The van der Waals surface area contributed by atoms with Gasteiger partial charge in [0.2, 0.25) is 0 Å². The number of carboxylic acid groups (broad SMARTS) is 1. The Balaban J connectivity index is 1.77. The highest BCUT2D eigenvalue weighted by Gasteiger charge is 2.61. The minimum atomic E-state index is -3.94. The van der Waals surface area contributed by atoms with Crippen LogP contribution < -0.4 is 0 Å². The van der Waals surface area contributed by atoms with Crippen LogP contribution >= 0.6 is 0 Å². The molecular weight excluding hydrogens is 378 g/mol. The molecule has 1 fully saturated rings. The molecule has 0 bridgehead atoms. The molecule has 1 aliphatic carbocycles. The van der Waals surface area contributed by atoms with Gasteiger partial charge in [-0.3, -0.25) is 4.79 Å². The molecule has 7 nitrogen and oxygen atoms in total. The molecule has 4 rings (SSSR count). The zero-order valence-corrected chi connectivity index (χ0v) is 16.7. The summed E-state index contributed by atoms with van der Waals surface area (Å²) in [5.74, 6) is -0.757. The summed E-state index contributed by atoms with van der Waals surface area (Å²) in [6, 6.07) is 8.28. The second kappa shape index (κ2) is 5.88. The van der Waals surface area contributed by atoms with E-state index in [-0.39, 0.29) is 23.2 Å². The number of aromatic amines is 1. The number of fused-ring (bicyclic) bond motifs is 1. The molecule has 1 aromatic carbocycles. The number of benzene rings is 1. The predicted octanol–water partition coefficient (Wildman–Crippen LogP) is 3.31. The van der Waals surface area contributed by atoms with Crippen LogP contribution in [0.1, 0.15) is 39.3 Å². The summed E-state index contributed by atoms with van der Waals surface area (Å²) in [7, 11) is -3.94. The standard InChI is InChI=1S/C20H21N3O4S/c1-19(2,3)16-6-9-21-17(23-16)15-11-12-10-13(4-5-14(12)22-15)28(26,27)20(7-8-20)18(24)25/h4-6,9-11,22H,7-8H2,1-3H3,(H,24,25). The first kappa shape index (κ1) is 18.6. The number of nitrogens with zero attached hydrogens (tertiary/aromatic N) is 2. The Bertz CT molecular complexity index is 1200. The van der Waals surface area contributed by atoms with Crippen molar-refractivity contribution in [3.63, 3.8) is 0 Å². The normalized spacial score (nSPS) is 16.2. The monoisotopic (exact) mass is 399 g/mol. The molecule has 2 N–H and O–H groups in total. The minimum absolute atomic E-state index is 0.0230. The molecule has 28 heavy (non-hydrogen) atoms. The van der Waals surface area contributed by atoms with E-state index in [0.29, 0.717) is 16.9 Å². The van der Waals surface area contributed by atoms with Crippen LogP contribution in [0, 0.1) is 0 Å². The van der Waals surface area contributed by atoms with E-state index in [1.54, 1.807) is 18.3 Å². The lowest BCUT2D eigenvalue weighted by Gasteiger charge is -2.17. The van der Waals surface area contributed by atoms with Gasteiger partial charge in [-0.25, -0.2) is 18.4 Å². The maximum atomic E-state index is 12.8. The Morgan fingerprint density at radius 2 is 1.89 bits per heavy atom. The number of carbonyl (C=O) groups is 1. The van der Waals surface area contributed by atoms with Crippen molar-refractivity contribution in [3.8, 4) is 11.5 Å². The van der Waals surface area contributed by atoms with Crippen LogP contribution in [0.4, 0.5) is 0 Å². The Labute approximate surface area is 162 Å². The Kier molecular flexibility index (Phi) is 3.91. The van der Waals surface area contributed by atoms with E-state index in [9.17, 15) is 18.3 Å². The molecule has 0 amide bonds. The van der Waals surface area contributed by atoms with Gasteiger partial charge in [-0.1, -0.05) is 20.8 Å². The van der Waals surface area contributed by atoms with Crippen LogP contribution in [0.25, 0.3) is 22.4 Å². The molecule has 146 valence electrons. The van der Waals surface area contributed by atoms with Crippen molar-refractivity contribution in [1.82, 2.24) is 15.0 Å². The molecule has 8 heteroatoms. The summed E-state index contributed by atoms with van der Waals surface area (Å²) in [6.07, 6.45) is 2.00. The van der Waals surface area contributed by atoms with Gasteiger partial charge in [-0.15, -0.1) is 0 Å². The van der Waals surface area contributed by atoms with Crippen LogP contribution in [0.2, 0.25) is 0 Å². The van der Waals surface area contributed by atoms with Crippen molar-refractivity contribution in [3.05, 3.63) is 42.2 Å². The van der Waals surface area contributed by atoms with Crippen LogP contribution in [0.5, 0.6) is 0 Å². The predicted molar refractivity (Wildman–Crippen MR) is 105 cm³/mol. The lowest BCUT2D eigenvalue weighted by molar-refractivity contribution is -0.137. The summed E-state index contributed by atoms with van der Waals surface area (Å²) in [5.41, 5.74) is 2.19. The summed E-state index contributed by atoms with van der Waals surface area (Å²) in [4.78, 5) is 23.6. The number of H-pyrrole nitrogens is 1. The summed E-state index contributed by atoms with van der Waals surface area (Å²) in [6.45, 7) is 6.20. The van der Waals surface area contributed by atoms with Crippen molar-refractivity contribution >= 4 is 26.7 Å². The number of sulfone groups is 1. The number of hydrogen-bond donors (Lipinski definition) is 2. The number of rotatable bonds is 4. The van der Waals surface area contributed by atoms with Gasteiger partial charge in [0.15, 0.2) is 20.4 Å². The quantitative estimate of drug-likeness (QED) is 0.696. The van der Waals surface area contributed by atoms with Gasteiger partial charge in [0, 0.05) is 28.2 Å². The largest absolute Gasteiger partial charge is 0.480 e. The molecule has 0 atom stereocenters. The third-order valence-electron chi connectivity index (χ3n) is 5.18. The molecule has 0 spiro atoms. The zero-order chi connectivity index (χ0) is 20.3. The van der Waals surface area contributed by atoms with Gasteiger partial charge >= 0.3 is 5.97 Å². The fourth-order valence-electron chi connectivity index (χ4n) is 3.24. The lowest BCUT2D eigenvalue weighted by atomic mass is 9.92. The Morgan fingerprint density at radius 3 is 2.50 bits per heavy atom. The molecule has 0 aliphatic heterocycles. The van der Waals surface area contributed by atoms with E-state index in [0.717, 1.165) is 11.2 Å². The van der Waals surface area contributed by atoms with Crippen molar-refractivity contribution in [2.45, 2.75) is 48.7 Å². The third-order valence-corrected chi connectivity index (χ3v) is 7.66. The molecule has 1 aliphatic rings. The smallest absolute Gasteiger partial charge is 0.325 e. The first-order valence-corrected chi connectivity index (χ1v) is 10.5. The minimum Gasteiger partial charge on any atom is -0.480 e. The van der Waals surface area contributed by atoms with E-state index in [2.05, 4.69) is 35.7 Å². The molecule has 2 heterocycles. The third kappa shape index (κ3) is 2.79. The maximum Gasteiger partial charge on any atom is 0.325 e. The van der Waals surface area contributed by atoms with Crippen molar-refractivity contribution in [2.75, 3.05) is 0 Å². The van der Waals surface area contributed by atoms with Gasteiger partial charge in [0.25, 0.3) is 0 Å². The average Bonchev–Trinajstić information content (AvgIpc) is 3.35. The highest BCUT2D eigenvalue weighted by atomic mass is 32.2. The molecule has 1 saturated carbocycles. The second-order valence-corrected chi connectivity index (χ2v) is 10.5. The van der Waals surface area contributed by atoms with Crippen LogP contribution in [-0.4, -0.2) is 39.2 Å². The van der Waals surface area contributed by atoms with Gasteiger partial charge in [0.1, 0.15) is 0 Å². The highest BCUT2D eigenvalue weighted by molar-refractivity contribution is 7.94. The van der Waals surface area contributed by atoms with E-state index >= 15 is 0 Å². The Hall–Kier alpha value is -2.74. The van der Waals surface area contributed by atoms with E-state index < -0.39 is 20.6 Å². The fourth-order valence-corrected chi connectivity index (χ4v) is 5.09. The maximum absolute atomic E-state index is 12.8. The van der Waals surface area contributed by atoms with E-state index in [4.69, 9.17) is 0 Å². The Morgan fingerprint density at radius 1 is 1.18 bits per heavy atom. The molecule has 0 saturated heterocycles. The van der Waals surface area contributed by atoms with Gasteiger partial charge < -0.3 is 10.1 Å². The van der Waals surface area contributed by atoms with Crippen LogP contribution in [-0.2, 0) is 20.0 Å². The molecular formula is C20H21N3O4S. The van der Waals surface area contributed by atoms with Gasteiger partial charge in [-0.05, 0) is 43.2 Å².